The predicted molar refractivity (Wildman–Crippen MR) is 90.6 cm³/mol. The molecule has 0 saturated heterocycles. The molecule has 10 heteroatoms. The Bertz CT molecular complexity index is 880. The summed E-state index contributed by atoms with van der Waals surface area (Å²) in [5, 5.41) is 8.31. The fourth-order valence-electron chi connectivity index (χ4n) is 2.00. The summed E-state index contributed by atoms with van der Waals surface area (Å²) in [5.41, 5.74) is 4.79. The maximum Gasteiger partial charge on any atom is 0.269 e. The van der Waals surface area contributed by atoms with Crippen molar-refractivity contribution in [2.45, 2.75) is 11.7 Å². The predicted octanol–water partition coefficient (Wildman–Crippen LogP) is 1.61. The standard InChI is InChI=1S/C16H14FN5O3S/c17-12-5-3-11(4-6-12)15(24)20-19-14(23)9-26-16-21-18-10-22(16)8-13-2-1-7-25-13/h1-7,10H,8-9H2,(H,19,23)(H,20,24). The van der Waals surface area contributed by atoms with Gasteiger partial charge in [0.25, 0.3) is 5.91 Å². The molecule has 0 atom stereocenters. The van der Waals surface area contributed by atoms with Crippen LogP contribution in [0.25, 0.3) is 0 Å². The molecule has 1 aromatic carbocycles. The van der Waals surface area contributed by atoms with Gasteiger partial charge in [0, 0.05) is 5.56 Å². The van der Waals surface area contributed by atoms with Crippen LogP contribution in [-0.2, 0) is 11.3 Å². The molecular formula is C16H14FN5O3S. The van der Waals surface area contributed by atoms with E-state index in [0.717, 1.165) is 5.76 Å². The minimum absolute atomic E-state index is 0.0283. The van der Waals surface area contributed by atoms with Crippen LogP contribution in [0.15, 0.2) is 58.6 Å². The molecule has 2 N–H and O–H groups in total. The molecule has 8 nitrogen and oxygen atoms in total. The van der Waals surface area contributed by atoms with E-state index in [-0.39, 0.29) is 11.3 Å². The Labute approximate surface area is 151 Å². The fraction of sp³-hybridized carbons (Fsp3) is 0.125. The molecule has 3 aromatic rings. The molecule has 0 aliphatic heterocycles. The molecule has 0 bridgehead atoms. The highest BCUT2D eigenvalue weighted by atomic mass is 32.2. The Morgan fingerprint density at radius 2 is 2.00 bits per heavy atom. The SMILES string of the molecule is O=C(CSc1nncn1Cc1ccco1)NNC(=O)c1ccc(F)cc1. The first-order valence-corrected chi connectivity index (χ1v) is 8.48. The van der Waals surface area contributed by atoms with Crippen molar-refractivity contribution in [1.29, 1.82) is 0 Å². The number of carbonyl (C=O) groups is 2. The van der Waals surface area contributed by atoms with Gasteiger partial charge in [0.2, 0.25) is 5.91 Å². The topological polar surface area (TPSA) is 102 Å². The Hall–Kier alpha value is -3.14. The number of carbonyl (C=O) groups excluding carboxylic acids is 2. The number of nitrogens with zero attached hydrogens (tertiary/aromatic N) is 3. The molecule has 2 amide bonds. The molecule has 0 aliphatic rings. The van der Waals surface area contributed by atoms with E-state index >= 15 is 0 Å². The second-order valence-electron chi connectivity index (χ2n) is 5.12. The minimum Gasteiger partial charge on any atom is -0.467 e. The lowest BCUT2D eigenvalue weighted by atomic mass is 10.2. The second kappa shape index (κ2) is 8.30. The maximum atomic E-state index is 12.8. The first-order chi connectivity index (χ1) is 12.6. The summed E-state index contributed by atoms with van der Waals surface area (Å²) in [5.74, 6) is -0.633. The summed E-state index contributed by atoms with van der Waals surface area (Å²) in [4.78, 5) is 23.7. The van der Waals surface area contributed by atoms with Crippen LogP contribution in [0.4, 0.5) is 4.39 Å². The van der Waals surface area contributed by atoms with Crippen molar-refractivity contribution in [3.63, 3.8) is 0 Å². The monoisotopic (exact) mass is 375 g/mol. The van der Waals surface area contributed by atoms with Gasteiger partial charge in [-0.05, 0) is 36.4 Å². The van der Waals surface area contributed by atoms with Gasteiger partial charge in [-0.25, -0.2) is 4.39 Å². The largest absolute Gasteiger partial charge is 0.467 e. The first-order valence-electron chi connectivity index (χ1n) is 7.49. The molecule has 3 rings (SSSR count). The fourth-order valence-corrected chi connectivity index (χ4v) is 2.72. The van der Waals surface area contributed by atoms with E-state index in [1.807, 2.05) is 6.07 Å². The van der Waals surface area contributed by atoms with Crippen molar-refractivity contribution in [3.05, 3.63) is 66.1 Å². The van der Waals surface area contributed by atoms with Gasteiger partial charge in [-0.1, -0.05) is 11.8 Å². The molecule has 0 fully saturated rings. The number of hydrazine groups is 1. The average Bonchev–Trinajstić information content (AvgIpc) is 3.31. The summed E-state index contributed by atoms with van der Waals surface area (Å²) in [6.45, 7) is 0.450. The summed E-state index contributed by atoms with van der Waals surface area (Å²) in [6, 6.07) is 8.58. The molecule has 0 spiro atoms. The molecule has 0 saturated carbocycles. The lowest BCUT2D eigenvalue weighted by molar-refractivity contribution is -0.119. The van der Waals surface area contributed by atoms with E-state index < -0.39 is 17.6 Å². The van der Waals surface area contributed by atoms with E-state index in [9.17, 15) is 14.0 Å². The third kappa shape index (κ3) is 4.70. The summed E-state index contributed by atoms with van der Waals surface area (Å²) in [7, 11) is 0. The van der Waals surface area contributed by atoms with Gasteiger partial charge in [-0.2, -0.15) is 0 Å². The summed E-state index contributed by atoms with van der Waals surface area (Å²) in [6.07, 6.45) is 3.11. The van der Waals surface area contributed by atoms with Gasteiger partial charge < -0.3 is 8.98 Å². The van der Waals surface area contributed by atoms with Crippen LogP contribution in [-0.4, -0.2) is 32.3 Å². The number of furan rings is 1. The molecule has 0 unspecified atom stereocenters. The van der Waals surface area contributed by atoms with Crippen LogP contribution in [0.3, 0.4) is 0 Å². The van der Waals surface area contributed by atoms with Gasteiger partial charge in [-0.3, -0.25) is 20.4 Å². The van der Waals surface area contributed by atoms with Gasteiger partial charge in [-0.15, -0.1) is 10.2 Å². The Morgan fingerprint density at radius 1 is 1.19 bits per heavy atom. The van der Waals surface area contributed by atoms with E-state index in [1.54, 1.807) is 23.2 Å². The quantitative estimate of drug-likeness (QED) is 0.501. The molecule has 26 heavy (non-hydrogen) atoms. The lowest BCUT2D eigenvalue weighted by Crippen LogP contribution is -2.42. The molecule has 134 valence electrons. The van der Waals surface area contributed by atoms with Gasteiger partial charge in [0.1, 0.15) is 17.9 Å². The number of hydrogen-bond donors (Lipinski definition) is 2. The van der Waals surface area contributed by atoms with Gasteiger partial charge in [0.05, 0.1) is 18.6 Å². The van der Waals surface area contributed by atoms with Crippen LogP contribution >= 0.6 is 11.8 Å². The third-order valence-corrected chi connectivity index (χ3v) is 4.22. The van der Waals surface area contributed by atoms with Gasteiger partial charge >= 0.3 is 0 Å². The number of thioether (sulfide) groups is 1. The number of hydrogen-bond acceptors (Lipinski definition) is 6. The van der Waals surface area contributed by atoms with Crippen LogP contribution < -0.4 is 10.9 Å². The van der Waals surface area contributed by atoms with Crippen molar-refractivity contribution in [2.24, 2.45) is 0 Å². The van der Waals surface area contributed by atoms with Crippen molar-refractivity contribution < 1.29 is 18.4 Å². The van der Waals surface area contributed by atoms with Gasteiger partial charge in [0.15, 0.2) is 5.16 Å². The first kappa shape index (κ1) is 17.7. The van der Waals surface area contributed by atoms with Crippen LogP contribution in [0.2, 0.25) is 0 Å². The van der Waals surface area contributed by atoms with Crippen LogP contribution in [0.1, 0.15) is 16.1 Å². The second-order valence-corrected chi connectivity index (χ2v) is 6.06. The minimum atomic E-state index is -0.538. The molecule has 0 aliphatic carbocycles. The average molecular weight is 375 g/mol. The Balaban J connectivity index is 1.46. The zero-order valence-corrected chi connectivity index (χ0v) is 14.2. The number of rotatable bonds is 6. The van der Waals surface area contributed by atoms with Crippen molar-refractivity contribution in [3.8, 4) is 0 Å². The number of aromatic nitrogens is 3. The Kier molecular flexibility index (Phi) is 5.64. The smallest absolute Gasteiger partial charge is 0.269 e. The third-order valence-electron chi connectivity index (χ3n) is 3.24. The van der Waals surface area contributed by atoms with E-state index in [0.29, 0.717) is 11.7 Å². The maximum absolute atomic E-state index is 12.8. The van der Waals surface area contributed by atoms with E-state index in [4.69, 9.17) is 4.42 Å². The normalized spacial score (nSPS) is 10.5. The zero-order valence-electron chi connectivity index (χ0n) is 13.4. The molecule has 0 radical (unpaired) electrons. The van der Waals surface area contributed by atoms with Crippen LogP contribution in [0, 0.1) is 5.82 Å². The van der Waals surface area contributed by atoms with Crippen molar-refractivity contribution in [2.75, 3.05) is 5.75 Å². The molecule has 2 heterocycles. The van der Waals surface area contributed by atoms with E-state index in [1.165, 1.54) is 36.0 Å². The van der Waals surface area contributed by atoms with Crippen molar-refractivity contribution >= 4 is 23.6 Å². The lowest BCUT2D eigenvalue weighted by Gasteiger charge is -2.07. The number of halogens is 1. The highest BCUT2D eigenvalue weighted by Crippen LogP contribution is 2.16. The van der Waals surface area contributed by atoms with Crippen molar-refractivity contribution in [1.82, 2.24) is 25.6 Å². The van der Waals surface area contributed by atoms with E-state index in [2.05, 4.69) is 21.0 Å². The highest BCUT2D eigenvalue weighted by molar-refractivity contribution is 7.99. The number of nitrogens with one attached hydrogen (secondary N) is 2. The zero-order chi connectivity index (χ0) is 18.4. The number of amides is 2. The summed E-state index contributed by atoms with van der Waals surface area (Å²) < 4.78 is 19.8. The molecule has 2 aromatic heterocycles. The van der Waals surface area contributed by atoms with Crippen LogP contribution in [0.5, 0.6) is 0 Å². The Morgan fingerprint density at radius 3 is 2.73 bits per heavy atom. The summed E-state index contributed by atoms with van der Waals surface area (Å²) >= 11 is 1.17. The molecular weight excluding hydrogens is 361 g/mol. The highest BCUT2D eigenvalue weighted by Gasteiger charge is 2.11. The number of benzene rings is 1.